The lowest BCUT2D eigenvalue weighted by molar-refractivity contribution is 0.203. The van der Waals surface area contributed by atoms with Crippen LogP contribution in [0.4, 0.5) is 5.69 Å². The Kier molecular flexibility index (Phi) is 2.02. The molecule has 1 unspecified atom stereocenters. The van der Waals surface area contributed by atoms with E-state index in [1.165, 1.54) is 0 Å². The van der Waals surface area contributed by atoms with E-state index >= 15 is 0 Å². The van der Waals surface area contributed by atoms with E-state index in [4.69, 9.17) is 10.5 Å². The number of nitrogens with zero attached hydrogens (tertiary/aromatic N) is 3. The predicted molar refractivity (Wildman–Crippen MR) is 59.0 cm³/mol. The second-order valence-corrected chi connectivity index (χ2v) is 3.85. The third-order valence-corrected chi connectivity index (χ3v) is 2.72. The molecule has 0 saturated carbocycles. The fraction of sp³-hybridized carbons (Fsp3) is 0.273. The van der Waals surface area contributed by atoms with Crippen LogP contribution >= 0.6 is 0 Å². The summed E-state index contributed by atoms with van der Waals surface area (Å²) >= 11 is 0. The molecule has 1 atom stereocenters. The lowest BCUT2D eigenvalue weighted by Gasteiger charge is -2.13. The largest absolute Gasteiger partial charge is 0.486 e. The van der Waals surface area contributed by atoms with Crippen molar-refractivity contribution in [3.8, 4) is 5.75 Å². The molecule has 1 aliphatic rings. The fourth-order valence-corrected chi connectivity index (χ4v) is 1.94. The Hall–Kier alpha value is -2.04. The molecule has 82 valence electrons. The Morgan fingerprint density at radius 1 is 1.44 bits per heavy atom. The van der Waals surface area contributed by atoms with Gasteiger partial charge in [0.2, 0.25) is 0 Å². The zero-order valence-electron chi connectivity index (χ0n) is 8.71. The van der Waals surface area contributed by atoms with Crippen molar-refractivity contribution in [2.24, 2.45) is 0 Å². The minimum absolute atomic E-state index is 0.119. The van der Waals surface area contributed by atoms with E-state index in [-0.39, 0.29) is 6.10 Å². The maximum Gasteiger partial charge on any atom is 0.145 e. The molecule has 0 spiro atoms. The van der Waals surface area contributed by atoms with Gasteiger partial charge in [-0.15, -0.1) is 0 Å². The average molecular weight is 216 g/mol. The molecule has 5 heteroatoms. The number of imidazole rings is 1. The first-order chi connectivity index (χ1) is 7.83. The van der Waals surface area contributed by atoms with Crippen LogP contribution in [-0.4, -0.2) is 20.6 Å². The first-order valence-electron chi connectivity index (χ1n) is 5.19. The Morgan fingerprint density at radius 2 is 2.38 bits per heavy atom. The molecule has 5 nitrogen and oxygen atoms in total. The summed E-state index contributed by atoms with van der Waals surface area (Å²) in [7, 11) is 0. The van der Waals surface area contributed by atoms with Crippen LogP contribution in [-0.2, 0) is 13.0 Å². The molecule has 0 aliphatic carbocycles. The van der Waals surface area contributed by atoms with E-state index in [9.17, 15) is 0 Å². The van der Waals surface area contributed by atoms with Crippen molar-refractivity contribution in [2.75, 3.05) is 5.73 Å². The van der Waals surface area contributed by atoms with E-state index in [1.54, 1.807) is 18.5 Å². The van der Waals surface area contributed by atoms with Crippen molar-refractivity contribution in [3.05, 3.63) is 36.7 Å². The normalized spacial score (nSPS) is 18.4. The molecule has 0 radical (unpaired) electrons. The number of ether oxygens (including phenoxy) is 1. The van der Waals surface area contributed by atoms with Crippen molar-refractivity contribution >= 4 is 5.69 Å². The second kappa shape index (κ2) is 3.52. The van der Waals surface area contributed by atoms with Crippen LogP contribution in [0.3, 0.4) is 0 Å². The number of hydrogen-bond donors (Lipinski definition) is 1. The predicted octanol–water partition coefficient (Wildman–Crippen LogP) is 0.864. The molecule has 0 fully saturated rings. The summed E-state index contributed by atoms with van der Waals surface area (Å²) in [6, 6.07) is 1.79. The van der Waals surface area contributed by atoms with Crippen LogP contribution in [0.1, 0.15) is 5.82 Å². The Labute approximate surface area is 92.9 Å². The molecule has 2 aromatic rings. The lowest BCUT2D eigenvalue weighted by atomic mass is 10.3. The quantitative estimate of drug-likeness (QED) is 0.808. The molecule has 0 aromatic carbocycles. The Balaban J connectivity index is 1.74. The van der Waals surface area contributed by atoms with Gasteiger partial charge in [-0.3, -0.25) is 4.98 Å². The third kappa shape index (κ3) is 1.50. The number of pyridine rings is 1. The second-order valence-electron chi connectivity index (χ2n) is 3.85. The highest BCUT2D eigenvalue weighted by atomic mass is 16.5. The van der Waals surface area contributed by atoms with Crippen LogP contribution in [0.15, 0.2) is 30.9 Å². The van der Waals surface area contributed by atoms with Crippen LogP contribution in [0.2, 0.25) is 0 Å². The Morgan fingerprint density at radius 3 is 3.19 bits per heavy atom. The molecule has 3 heterocycles. The number of anilines is 1. The monoisotopic (exact) mass is 216 g/mol. The van der Waals surface area contributed by atoms with Crippen molar-refractivity contribution < 1.29 is 4.74 Å². The first kappa shape index (κ1) is 9.21. The van der Waals surface area contributed by atoms with Crippen LogP contribution < -0.4 is 10.5 Å². The first-order valence-corrected chi connectivity index (χ1v) is 5.19. The van der Waals surface area contributed by atoms with Crippen LogP contribution in [0, 0.1) is 0 Å². The van der Waals surface area contributed by atoms with Gasteiger partial charge in [0.1, 0.15) is 17.7 Å². The SMILES string of the molecule is Nc1cnccc1OC1Cc2nccn2C1. The van der Waals surface area contributed by atoms with Gasteiger partial charge in [-0.1, -0.05) is 0 Å². The van der Waals surface area contributed by atoms with Crippen LogP contribution in [0.25, 0.3) is 0 Å². The standard InChI is InChI=1S/C11H12N4O/c12-9-6-13-2-1-10(9)16-8-5-11-14-3-4-15(11)7-8/h1-4,6,8H,5,7,12H2. The molecular formula is C11H12N4O. The van der Waals surface area contributed by atoms with Gasteiger partial charge < -0.3 is 15.0 Å². The van der Waals surface area contributed by atoms with Gasteiger partial charge in [0.05, 0.1) is 18.4 Å². The van der Waals surface area contributed by atoms with E-state index in [1.807, 2.05) is 12.4 Å². The summed E-state index contributed by atoms with van der Waals surface area (Å²) in [5, 5.41) is 0. The summed E-state index contributed by atoms with van der Waals surface area (Å²) in [5.74, 6) is 1.77. The molecular weight excluding hydrogens is 204 g/mol. The van der Waals surface area contributed by atoms with Crippen LogP contribution in [0.5, 0.6) is 5.75 Å². The van der Waals surface area contributed by atoms with Crippen molar-refractivity contribution in [1.29, 1.82) is 0 Å². The number of nitrogens with two attached hydrogens (primary N) is 1. The van der Waals surface area contributed by atoms with Gasteiger partial charge in [-0.25, -0.2) is 4.98 Å². The summed E-state index contributed by atoms with van der Waals surface area (Å²) in [6.07, 6.45) is 8.01. The molecule has 3 rings (SSSR count). The van der Waals surface area contributed by atoms with Gasteiger partial charge >= 0.3 is 0 Å². The van der Waals surface area contributed by atoms with Gasteiger partial charge in [0.25, 0.3) is 0 Å². The van der Waals surface area contributed by atoms with E-state index in [2.05, 4.69) is 14.5 Å². The number of aromatic nitrogens is 3. The topological polar surface area (TPSA) is 66.0 Å². The zero-order valence-corrected chi connectivity index (χ0v) is 8.71. The van der Waals surface area contributed by atoms with Gasteiger partial charge in [-0.2, -0.15) is 0 Å². The summed E-state index contributed by atoms with van der Waals surface area (Å²) in [4.78, 5) is 8.18. The molecule has 0 bridgehead atoms. The number of hydrogen-bond acceptors (Lipinski definition) is 4. The number of fused-ring (bicyclic) bond motifs is 1. The summed E-state index contributed by atoms with van der Waals surface area (Å²) in [6.45, 7) is 0.830. The molecule has 0 saturated heterocycles. The lowest BCUT2D eigenvalue weighted by Crippen LogP contribution is -2.18. The molecule has 2 aromatic heterocycles. The van der Waals surface area contributed by atoms with Gasteiger partial charge in [0.15, 0.2) is 0 Å². The Bertz CT molecular complexity index is 488. The minimum atomic E-state index is 0.119. The molecule has 16 heavy (non-hydrogen) atoms. The molecule has 2 N–H and O–H groups in total. The van der Waals surface area contributed by atoms with Gasteiger partial charge in [0, 0.05) is 31.1 Å². The maximum absolute atomic E-state index is 5.82. The smallest absolute Gasteiger partial charge is 0.145 e. The fourth-order valence-electron chi connectivity index (χ4n) is 1.94. The number of nitrogen functional groups attached to an aromatic ring is 1. The van der Waals surface area contributed by atoms with E-state index in [0.29, 0.717) is 11.4 Å². The molecule has 0 amide bonds. The highest BCUT2D eigenvalue weighted by molar-refractivity contribution is 5.49. The van der Waals surface area contributed by atoms with Gasteiger partial charge in [-0.05, 0) is 0 Å². The average Bonchev–Trinajstić information content (AvgIpc) is 2.81. The summed E-state index contributed by atoms with van der Waals surface area (Å²) in [5.41, 5.74) is 6.35. The minimum Gasteiger partial charge on any atom is -0.486 e. The van der Waals surface area contributed by atoms with E-state index < -0.39 is 0 Å². The molecule has 1 aliphatic heterocycles. The number of rotatable bonds is 2. The van der Waals surface area contributed by atoms with E-state index in [0.717, 1.165) is 18.8 Å². The maximum atomic E-state index is 5.82. The summed E-state index contributed by atoms with van der Waals surface area (Å²) < 4.78 is 7.92. The highest BCUT2D eigenvalue weighted by Crippen LogP contribution is 2.23. The third-order valence-electron chi connectivity index (χ3n) is 2.72. The zero-order chi connectivity index (χ0) is 11.0. The van der Waals surface area contributed by atoms with Crippen molar-refractivity contribution in [3.63, 3.8) is 0 Å². The highest BCUT2D eigenvalue weighted by Gasteiger charge is 2.23. The van der Waals surface area contributed by atoms with Crippen molar-refractivity contribution in [2.45, 2.75) is 19.1 Å². The van der Waals surface area contributed by atoms with Crippen molar-refractivity contribution in [1.82, 2.24) is 14.5 Å².